The number of likely N-dealkylation sites (tertiary alicyclic amines) is 1. The number of aromatic nitrogens is 1. The second kappa shape index (κ2) is 5.68. The Morgan fingerprint density at radius 3 is 2.75 bits per heavy atom. The third kappa shape index (κ3) is 2.93. The predicted octanol–water partition coefficient (Wildman–Crippen LogP) is -0.589. The third-order valence-electron chi connectivity index (χ3n) is 3.35. The minimum absolute atomic E-state index is 0.0265. The number of carbonyl (C=O) groups is 3. The molecule has 1 aliphatic heterocycles. The van der Waals surface area contributed by atoms with Crippen LogP contribution in [-0.2, 0) is 20.8 Å². The fraction of sp³-hybridized carbons (Fsp3) is 0.385. The minimum Gasteiger partial charge on any atom is -0.480 e. The number of nitrogens with zero attached hydrogens (tertiary/aromatic N) is 2. The lowest BCUT2D eigenvalue weighted by atomic mass is 10.1. The summed E-state index contributed by atoms with van der Waals surface area (Å²) in [6.45, 7) is 0.0535. The fourth-order valence-corrected chi connectivity index (χ4v) is 2.27. The minimum atomic E-state index is -1.12. The third-order valence-corrected chi connectivity index (χ3v) is 3.35. The molecule has 1 aromatic heterocycles. The first-order valence-electron chi connectivity index (χ1n) is 6.20. The molecular formula is C13H15N3O4. The molecule has 0 aliphatic carbocycles. The van der Waals surface area contributed by atoms with Gasteiger partial charge in [-0.1, -0.05) is 6.07 Å². The molecule has 1 saturated heterocycles. The number of rotatable bonds is 5. The smallest absolute Gasteiger partial charge is 0.326 e. The van der Waals surface area contributed by atoms with Crippen LogP contribution in [0.5, 0.6) is 0 Å². The van der Waals surface area contributed by atoms with Gasteiger partial charge in [-0.25, -0.2) is 4.79 Å². The topological polar surface area (TPSA) is 114 Å². The molecule has 0 saturated carbocycles. The predicted molar refractivity (Wildman–Crippen MR) is 68.4 cm³/mol. The lowest BCUT2D eigenvalue weighted by Crippen LogP contribution is -2.44. The van der Waals surface area contributed by atoms with E-state index in [0.717, 1.165) is 0 Å². The number of carbonyl (C=O) groups excluding carboxylic acids is 2. The Hall–Kier alpha value is -2.44. The number of carboxylic acids is 1. The van der Waals surface area contributed by atoms with Crippen molar-refractivity contribution in [1.82, 2.24) is 9.88 Å². The van der Waals surface area contributed by atoms with Crippen LogP contribution in [-0.4, -0.2) is 45.4 Å². The van der Waals surface area contributed by atoms with Crippen LogP contribution in [0, 0.1) is 5.92 Å². The van der Waals surface area contributed by atoms with Gasteiger partial charge in [0.15, 0.2) is 0 Å². The van der Waals surface area contributed by atoms with Gasteiger partial charge in [-0.2, -0.15) is 0 Å². The summed E-state index contributed by atoms with van der Waals surface area (Å²) in [4.78, 5) is 39.6. The fourth-order valence-electron chi connectivity index (χ4n) is 2.27. The van der Waals surface area contributed by atoms with E-state index in [1.807, 2.05) is 0 Å². The van der Waals surface area contributed by atoms with Crippen molar-refractivity contribution in [1.29, 1.82) is 0 Å². The van der Waals surface area contributed by atoms with E-state index in [2.05, 4.69) is 4.98 Å². The Morgan fingerprint density at radius 2 is 2.25 bits per heavy atom. The lowest BCUT2D eigenvalue weighted by Gasteiger charge is -2.24. The maximum atomic E-state index is 11.9. The van der Waals surface area contributed by atoms with Gasteiger partial charge in [0, 0.05) is 31.3 Å². The van der Waals surface area contributed by atoms with Crippen molar-refractivity contribution >= 4 is 17.8 Å². The molecule has 7 nitrogen and oxygen atoms in total. The van der Waals surface area contributed by atoms with Crippen molar-refractivity contribution in [3.8, 4) is 0 Å². The summed E-state index contributed by atoms with van der Waals surface area (Å²) in [5.41, 5.74) is 5.75. The lowest BCUT2D eigenvalue weighted by molar-refractivity contribution is -0.148. The highest BCUT2D eigenvalue weighted by molar-refractivity contribution is 5.91. The molecule has 0 aromatic carbocycles. The Bertz CT molecular complexity index is 532. The van der Waals surface area contributed by atoms with E-state index in [9.17, 15) is 19.5 Å². The molecule has 20 heavy (non-hydrogen) atoms. The summed E-state index contributed by atoms with van der Waals surface area (Å²) < 4.78 is 0. The first kappa shape index (κ1) is 14.0. The molecule has 0 radical (unpaired) electrons. The van der Waals surface area contributed by atoms with Gasteiger partial charge in [0.2, 0.25) is 11.8 Å². The van der Waals surface area contributed by atoms with Crippen molar-refractivity contribution in [2.75, 3.05) is 6.54 Å². The van der Waals surface area contributed by atoms with Crippen LogP contribution in [0.3, 0.4) is 0 Å². The van der Waals surface area contributed by atoms with Crippen molar-refractivity contribution in [2.24, 2.45) is 11.7 Å². The number of carboxylic acid groups (broad SMARTS) is 1. The van der Waals surface area contributed by atoms with Crippen molar-refractivity contribution in [3.05, 3.63) is 30.1 Å². The molecule has 3 N–H and O–H groups in total. The Morgan fingerprint density at radius 1 is 1.50 bits per heavy atom. The number of amides is 2. The molecule has 1 fully saturated rings. The Balaban J connectivity index is 2.15. The molecule has 0 bridgehead atoms. The Labute approximate surface area is 115 Å². The summed E-state index contributed by atoms with van der Waals surface area (Å²) in [7, 11) is 0. The van der Waals surface area contributed by atoms with Gasteiger partial charge in [-0.05, 0) is 12.1 Å². The van der Waals surface area contributed by atoms with Gasteiger partial charge in [0.1, 0.15) is 6.04 Å². The molecule has 1 unspecified atom stereocenters. The number of primary amides is 1. The van der Waals surface area contributed by atoms with Crippen LogP contribution < -0.4 is 5.73 Å². The van der Waals surface area contributed by atoms with E-state index in [-0.39, 0.29) is 25.3 Å². The highest BCUT2D eigenvalue weighted by Gasteiger charge is 2.39. The summed E-state index contributed by atoms with van der Waals surface area (Å²) in [6, 6.07) is 4.15. The van der Waals surface area contributed by atoms with Gasteiger partial charge in [0.25, 0.3) is 0 Å². The van der Waals surface area contributed by atoms with Gasteiger partial charge in [-0.3, -0.25) is 14.6 Å². The molecule has 0 spiro atoms. The Kier molecular flexibility index (Phi) is 3.97. The maximum absolute atomic E-state index is 11.9. The van der Waals surface area contributed by atoms with E-state index < -0.39 is 23.8 Å². The van der Waals surface area contributed by atoms with Crippen LogP contribution in [0.4, 0.5) is 0 Å². The normalized spacial score (nSPS) is 19.9. The average molecular weight is 277 g/mol. The summed E-state index contributed by atoms with van der Waals surface area (Å²) in [5, 5.41) is 9.30. The number of hydrogen-bond acceptors (Lipinski definition) is 4. The standard InChI is InChI=1S/C13H15N3O4/c14-12(18)8-5-11(17)16(7-8)10(13(19)20)6-9-3-1-2-4-15-9/h1-4,8,10H,5-7H2,(H2,14,18)(H,19,20)/t8?,10-/m0/s1. The quantitative estimate of drug-likeness (QED) is 0.746. The van der Waals surface area contributed by atoms with Crippen LogP contribution in [0.25, 0.3) is 0 Å². The van der Waals surface area contributed by atoms with Gasteiger partial charge in [0.05, 0.1) is 5.92 Å². The van der Waals surface area contributed by atoms with E-state index >= 15 is 0 Å². The van der Waals surface area contributed by atoms with Crippen LogP contribution >= 0.6 is 0 Å². The maximum Gasteiger partial charge on any atom is 0.326 e. The molecular weight excluding hydrogens is 262 g/mol. The van der Waals surface area contributed by atoms with E-state index in [4.69, 9.17) is 5.73 Å². The van der Waals surface area contributed by atoms with Gasteiger partial charge >= 0.3 is 5.97 Å². The second-order valence-electron chi connectivity index (χ2n) is 4.73. The largest absolute Gasteiger partial charge is 0.480 e. The second-order valence-corrected chi connectivity index (χ2v) is 4.73. The molecule has 1 aromatic rings. The highest BCUT2D eigenvalue weighted by Crippen LogP contribution is 2.21. The van der Waals surface area contributed by atoms with Crippen molar-refractivity contribution in [2.45, 2.75) is 18.9 Å². The molecule has 2 atom stereocenters. The van der Waals surface area contributed by atoms with E-state index in [1.54, 1.807) is 24.4 Å². The first-order valence-corrected chi connectivity index (χ1v) is 6.20. The monoisotopic (exact) mass is 277 g/mol. The highest BCUT2D eigenvalue weighted by atomic mass is 16.4. The molecule has 1 aliphatic rings. The SMILES string of the molecule is NC(=O)C1CC(=O)N([C@@H](Cc2ccccn2)C(=O)O)C1. The zero-order chi connectivity index (χ0) is 14.7. The van der Waals surface area contributed by atoms with Crippen molar-refractivity contribution in [3.63, 3.8) is 0 Å². The van der Waals surface area contributed by atoms with Gasteiger partial charge in [-0.15, -0.1) is 0 Å². The molecule has 7 heteroatoms. The number of hydrogen-bond donors (Lipinski definition) is 2. The van der Waals surface area contributed by atoms with Gasteiger partial charge < -0.3 is 15.7 Å². The molecule has 2 amide bonds. The van der Waals surface area contributed by atoms with Crippen LogP contribution in [0.2, 0.25) is 0 Å². The zero-order valence-electron chi connectivity index (χ0n) is 10.7. The average Bonchev–Trinajstić information content (AvgIpc) is 2.79. The molecule has 106 valence electrons. The number of pyridine rings is 1. The van der Waals surface area contributed by atoms with Crippen LogP contribution in [0.1, 0.15) is 12.1 Å². The van der Waals surface area contributed by atoms with E-state index in [0.29, 0.717) is 5.69 Å². The summed E-state index contributed by atoms with van der Waals surface area (Å²) >= 11 is 0. The zero-order valence-corrected chi connectivity index (χ0v) is 10.7. The summed E-state index contributed by atoms with van der Waals surface area (Å²) in [5.74, 6) is -2.68. The van der Waals surface area contributed by atoms with Crippen LogP contribution in [0.15, 0.2) is 24.4 Å². The molecule has 2 heterocycles. The number of nitrogens with two attached hydrogens (primary N) is 1. The van der Waals surface area contributed by atoms with E-state index in [1.165, 1.54) is 4.90 Å². The first-order chi connectivity index (χ1) is 9.49. The molecule has 2 rings (SSSR count). The van der Waals surface area contributed by atoms with Crippen molar-refractivity contribution < 1.29 is 19.5 Å². The summed E-state index contributed by atoms with van der Waals surface area (Å²) in [6.07, 6.45) is 1.64. The number of aliphatic carboxylic acids is 1.